The molecular weight excluding hydrogens is 416 g/mol. The third kappa shape index (κ3) is 4.23. The predicted molar refractivity (Wildman–Crippen MR) is 107 cm³/mol. The number of hydrogen-bond acceptors (Lipinski definition) is 4. The number of fused-ring (bicyclic) bond motifs is 1. The first-order valence-corrected chi connectivity index (χ1v) is 9.83. The van der Waals surface area contributed by atoms with Gasteiger partial charge in [-0.1, -0.05) is 33.3 Å². The van der Waals surface area contributed by atoms with Gasteiger partial charge in [-0.2, -0.15) is 4.99 Å². The summed E-state index contributed by atoms with van der Waals surface area (Å²) in [4.78, 5) is 17.6. The van der Waals surface area contributed by atoms with E-state index in [0.29, 0.717) is 30.1 Å². The second-order valence-corrected chi connectivity index (χ2v) is 7.42. The molecule has 0 aliphatic carbocycles. The number of carbonyl (C=O) groups excluding carboxylic acids is 1. The number of ether oxygens (including phenoxy) is 2. The molecule has 0 saturated carbocycles. The molecule has 1 amide bonds. The molecular formula is C19H19BrN2O3S. The van der Waals surface area contributed by atoms with Crippen LogP contribution in [0.2, 0.25) is 0 Å². The Morgan fingerprint density at radius 1 is 1.27 bits per heavy atom. The van der Waals surface area contributed by atoms with E-state index in [2.05, 4.69) is 20.9 Å². The lowest BCUT2D eigenvalue weighted by Gasteiger charge is -2.06. The molecule has 1 aromatic heterocycles. The molecule has 0 N–H and O–H groups in total. The lowest BCUT2D eigenvalue weighted by molar-refractivity contribution is 0.0996. The Kier molecular flexibility index (Phi) is 6.24. The van der Waals surface area contributed by atoms with Crippen molar-refractivity contribution in [2.45, 2.75) is 13.5 Å². The first-order valence-electron chi connectivity index (χ1n) is 8.22. The van der Waals surface area contributed by atoms with E-state index in [4.69, 9.17) is 9.47 Å². The fourth-order valence-electron chi connectivity index (χ4n) is 2.56. The largest absolute Gasteiger partial charge is 0.497 e. The zero-order valence-electron chi connectivity index (χ0n) is 14.6. The zero-order valence-corrected chi connectivity index (χ0v) is 17.0. The van der Waals surface area contributed by atoms with Crippen LogP contribution in [0, 0.1) is 0 Å². The average Bonchev–Trinajstić information content (AvgIpc) is 2.98. The van der Waals surface area contributed by atoms with E-state index >= 15 is 0 Å². The maximum Gasteiger partial charge on any atom is 0.279 e. The van der Waals surface area contributed by atoms with E-state index in [1.165, 1.54) is 11.3 Å². The Bertz CT molecular complexity index is 994. The van der Waals surface area contributed by atoms with Crippen molar-refractivity contribution in [3.63, 3.8) is 0 Å². The maximum atomic E-state index is 12.6. The number of methoxy groups -OCH3 is 1. The van der Waals surface area contributed by atoms with E-state index in [1.807, 2.05) is 41.8 Å². The Morgan fingerprint density at radius 3 is 2.85 bits per heavy atom. The summed E-state index contributed by atoms with van der Waals surface area (Å²) in [6, 6.07) is 13.1. The molecule has 26 heavy (non-hydrogen) atoms. The summed E-state index contributed by atoms with van der Waals surface area (Å²) in [7, 11) is 1.64. The first-order chi connectivity index (χ1) is 12.6. The number of hydrogen-bond donors (Lipinski definition) is 0. The lowest BCUT2D eigenvalue weighted by Crippen LogP contribution is -2.19. The van der Waals surface area contributed by atoms with Crippen LogP contribution in [0.3, 0.4) is 0 Å². The normalized spacial score (nSPS) is 11.9. The quantitative estimate of drug-likeness (QED) is 0.544. The summed E-state index contributed by atoms with van der Waals surface area (Å²) in [5.74, 6) is 0.510. The van der Waals surface area contributed by atoms with Gasteiger partial charge in [-0.25, -0.2) is 0 Å². The van der Waals surface area contributed by atoms with Crippen molar-refractivity contribution in [3.8, 4) is 5.75 Å². The minimum Gasteiger partial charge on any atom is -0.497 e. The van der Waals surface area contributed by atoms with Crippen LogP contribution >= 0.6 is 27.3 Å². The Labute approximate surface area is 164 Å². The van der Waals surface area contributed by atoms with Crippen LogP contribution in [0.25, 0.3) is 10.2 Å². The third-order valence-corrected chi connectivity index (χ3v) is 5.36. The van der Waals surface area contributed by atoms with Gasteiger partial charge in [-0.15, -0.1) is 0 Å². The topological polar surface area (TPSA) is 52.8 Å². The SMILES string of the molecule is CCOCCn1c(=NC(=O)c2cccc(Br)c2)sc2cc(OC)ccc21. The zero-order chi connectivity index (χ0) is 18.5. The van der Waals surface area contributed by atoms with Crippen LogP contribution in [0.15, 0.2) is 51.9 Å². The van der Waals surface area contributed by atoms with Gasteiger partial charge < -0.3 is 14.0 Å². The number of rotatable bonds is 6. The molecule has 0 spiro atoms. The molecule has 0 atom stereocenters. The number of thiazole rings is 1. The fourth-order valence-corrected chi connectivity index (χ4v) is 4.04. The van der Waals surface area contributed by atoms with Gasteiger partial charge >= 0.3 is 0 Å². The van der Waals surface area contributed by atoms with Gasteiger partial charge in [0.15, 0.2) is 4.80 Å². The van der Waals surface area contributed by atoms with Crippen LogP contribution in [0.1, 0.15) is 17.3 Å². The van der Waals surface area contributed by atoms with Crippen LogP contribution in [-0.4, -0.2) is 30.8 Å². The average molecular weight is 435 g/mol. The molecule has 0 aliphatic rings. The highest BCUT2D eigenvalue weighted by atomic mass is 79.9. The highest BCUT2D eigenvalue weighted by Gasteiger charge is 2.10. The van der Waals surface area contributed by atoms with Crippen molar-refractivity contribution < 1.29 is 14.3 Å². The van der Waals surface area contributed by atoms with Crippen molar-refractivity contribution >= 4 is 43.4 Å². The summed E-state index contributed by atoms with van der Waals surface area (Å²) in [6.45, 7) is 3.81. The van der Waals surface area contributed by atoms with E-state index in [9.17, 15) is 4.79 Å². The van der Waals surface area contributed by atoms with Gasteiger partial charge in [0, 0.05) is 23.2 Å². The second-order valence-electron chi connectivity index (χ2n) is 5.49. The van der Waals surface area contributed by atoms with Crippen LogP contribution < -0.4 is 9.54 Å². The Hall–Kier alpha value is -1.96. The van der Waals surface area contributed by atoms with Crippen molar-refractivity contribution in [1.82, 2.24) is 4.57 Å². The van der Waals surface area contributed by atoms with Gasteiger partial charge in [0.05, 0.1) is 23.9 Å². The minimum atomic E-state index is -0.269. The number of carbonyl (C=O) groups is 1. The van der Waals surface area contributed by atoms with E-state index in [-0.39, 0.29) is 5.91 Å². The monoisotopic (exact) mass is 434 g/mol. The van der Waals surface area contributed by atoms with Gasteiger partial charge in [0.2, 0.25) is 0 Å². The van der Waals surface area contributed by atoms with Crippen molar-refractivity contribution in [3.05, 3.63) is 57.3 Å². The second kappa shape index (κ2) is 8.62. The summed E-state index contributed by atoms with van der Waals surface area (Å²) in [5.41, 5.74) is 1.56. The predicted octanol–water partition coefficient (Wildman–Crippen LogP) is 4.25. The van der Waals surface area contributed by atoms with Crippen LogP contribution in [-0.2, 0) is 11.3 Å². The summed E-state index contributed by atoms with van der Waals surface area (Å²) >= 11 is 4.86. The Morgan fingerprint density at radius 2 is 2.12 bits per heavy atom. The molecule has 0 fully saturated rings. The number of benzene rings is 2. The lowest BCUT2D eigenvalue weighted by atomic mass is 10.2. The van der Waals surface area contributed by atoms with Gasteiger partial charge in [-0.3, -0.25) is 4.79 Å². The molecule has 5 nitrogen and oxygen atoms in total. The molecule has 7 heteroatoms. The van der Waals surface area contributed by atoms with Crippen molar-refractivity contribution in [2.24, 2.45) is 4.99 Å². The van der Waals surface area contributed by atoms with E-state index in [1.54, 1.807) is 19.2 Å². The molecule has 2 aromatic carbocycles. The van der Waals surface area contributed by atoms with Crippen LogP contribution in [0.4, 0.5) is 0 Å². The van der Waals surface area contributed by atoms with Crippen molar-refractivity contribution in [1.29, 1.82) is 0 Å². The first kappa shape index (κ1) is 18.8. The number of halogens is 1. The maximum absolute atomic E-state index is 12.6. The summed E-state index contributed by atoms with van der Waals surface area (Å²) in [6.07, 6.45) is 0. The summed E-state index contributed by atoms with van der Waals surface area (Å²) < 4.78 is 14.7. The minimum absolute atomic E-state index is 0.269. The van der Waals surface area contributed by atoms with Crippen molar-refractivity contribution in [2.75, 3.05) is 20.3 Å². The van der Waals surface area contributed by atoms with Crippen LogP contribution in [0.5, 0.6) is 5.75 Å². The highest BCUT2D eigenvalue weighted by Crippen LogP contribution is 2.23. The molecule has 0 bridgehead atoms. The fraction of sp³-hybridized carbons (Fsp3) is 0.263. The van der Waals surface area contributed by atoms with E-state index in [0.717, 1.165) is 20.4 Å². The standard InChI is InChI=1S/C19H19BrN2O3S/c1-3-25-10-9-22-16-8-7-15(24-2)12-17(16)26-19(22)21-18(23)13-5-4-6-14(20)11-13/h4-8,11-12H,3,9-10H2,1-2H3. The number of aromatic nitrogens is 1. The van der Waals surface area contributed by atoms with Gasteiger partial charge in [0.25, 0.3) is 5.91 Å². The molecule has 136 valence electrons. The molecule has 3 rings (SSSR count). The molecule has 0 unspecified atom stereocenters. The Balaban J connectivity index is 2.07. The molecule has 3 aromatic rings. The van der Waals surface area contributed by atoms with Gasteiger partial charge in [-0.05, 0) is 43.3 Å². The van der Waals surface area contributed by atoms with Gasteiger partial charge in [0.1, 0.15) is 5.75 Å². The number of nitrogens with zero attached hydrogens (tertiary/aromatic N) is 2. The molecule has 0 saturated heterocycles. The highest BCUT2D eigenvalue weighted by molar-refractivity contribution is 9.10. The number of amides is 1. The molecule has 0 aliphatic heterocycles. The van der Waals surface area contributed by atoms with E-state index < -0.39 is 0 Å². The third-order valence-electron chi connectivity index (χ3n) is 3.82. The molecule has 0 radical (unpaired) electrons. The smallest absolute Gasteiger partial charge is 0.279 e. The summed E-state index contributed by atoms with van der Waals surface area (Å²) in [5, 5.41) is 0. The molecule has 1 heterocycles.